The van der Waals surface area contributed by atoms with E-state index in [0.29, 0.717) is 0 Å². The lowest BCUT2D eigenvalue weighted by Gasteiger charge is -2.19. The molecule has 46 heavy (non-hydrogen) atoms. The van der Waals surface area contributed by atoms with Crippen LogP contribution in [-0.4, -0.2) is 16.5 Å². The van der Waals surface area contributed by atoms with E-state index in [9.17, 15) is 50.0 Å². The van der Waals surface area contributed by atoms with Crippen LogP contribution in [0.25, 0.3) is 43.3 Å². The fraction of sp³-hybridized carbons (Fsp3) is 0.200. The Morgan fingerprint density at radius 1 is 0.652 bits per heavy atom. The molecule has 0 bridgehead atoms. The molecule has 3 aromatic rings. The molecule has 0 fully saturated rings. The van der Waals surface area contributed by atoms with Gasteiger partial charge >= 0.3 is 16.5 Å². The highest BCUT2D eigenvalue weighted by Crippen LogP contribution is 2.54. The fourth-order valence-corrected chi connectivity index (χ4v) is 8.14. The Morgan fingerprint density at radius 2 is 1.07 bits per heavy atom. The Kier molecular flexibility index (Phi) is 8.32. The summed E-state index contributed by atoms with van der Waals surface area (Å²) in [5.41, 5.74) is -16.4. The van der Waals surface area contributed by atoms with E-state index in [2.05, 4.69) is 9.69 Å². The number of fused-ring (bicyclic) bond motifs is 6. The van der Waals surface area contributed by atoms with Crippen LogP contribution in [0.15, 0.2) is 39.0 Å². The molecule has 0 atom stereocenters. The average Bonchev–Trinajstić information content (AvgIpc) is 3.51. The summed E-state index contributed by atoms with van der Waals surface area (Å²) < 4.78 is 124. The minimum atomic E-state index is -5.09. The lowest BCUT2D eigenvalue weighted by Crippen LogP contribution is -2.26. The van der Waals surface area contributed by atoms with Crippen LogP contribution >= 0.6 is 35.3 Å². The minimum absolute atomic E-state index is 0.00649. The number of hydrogen-bond acceptors (Lipinski definition) is 5. The summed E-state index contributed by atoms with van der Waals surface area (Å²) in [7, 11) is 0. The molecule has 0 saturated heterocycles. The maximum absolute atomic E-state index is 13.9. The normalized spacial score (nSPS) is 14.6. The Balaban J connectivity index is 2.08. The summed E-state index contributed by atoms with van der Waals surface area (Å²) in [6, 6.07) is 8.29. The van der Waals surface area contributed by atoms with Crippen molar-refractivity contribution in [2.75, 3.05) is 0 Å². The SMILES string of the molecule is [C-]#[N+]/C(C#N)=c1/c2c(/c(=C(\C#N)[N+]#[C-])c3c1-c1c(ccc(C)c1SC(F)(F)F)C3)-c1c(ccc(SC(F)(F)F)c1SC(F)(F)F)C2. The van der Waals surface area contributed by atoms with Gasteiger partial charge in [0.15, 0.2) is 0 Å². The number of nitriles is 2. The van der Waals surface area contributed by atoms with Crippen LogP contribution in [0, 0.1) is 42.7 Å². The molecular weight excluding hydrogens is 684 g/mol. The molecular formula is C30H11F9N4S3. The van der Waals surface area contributed by atoms with Crippen molar-refractivity contribution >= 4 is 46.7 Å². The number of benzene rings is 3. The first kappa shape index (κ1) is 33.2. The second-order valence-corrected chi connectivity index (χ2v) is 13.0. The van der Waals surface area contributed by atoms with Crippen molar-refractivity contribution in [2.24, 2.45) is 0 Å². The quantitative estimate of drug-likeness (QED) is 0.107. The molecule has 3 aromatic carbocycles. The van der Waals surface area contributed by atoms with Crippen molar-refractivity contribution in [2.45, 2.75) is 51.0 Å². The number of thioether (sulfide) groups is 3. The molecule has 232 valence electrons. The first-order valence-electron chi connectivity index (χ1n) is 12.5. The molecule has 2 aliphatic rings. The zero-order chi connectivity index (χ0) is 33.9. The highest BCUT2D eigenvalue weighted by molar-refractivity contribution is 8.03. The van der Waals surface area contributed by atoms with Gasteiger partial charge in [-0.15, -0.1) is 0 Å². The van der Waals surface area contributed by atoms with Crippen LogP contribution in [0.2, 0.25) is 0 Å². The van der Waals surface area contributed by atoms with Crippen molar-refractivity contribution in [1.29, 1.82) is 10.5 Å². The van der Waals surface area contributed by atoms with Crippen LogP contribution < -0.4 is 10.4 Å². The first-order valence-corrected chi connectivity index (χ1v) is 15.0. The lowest BCUT2D eigenvalue weighted by atomic mass is 9.90. The van der Waals surface area contributed by atoms with Crippen molar-refractivity contribution in [3.05, 3.63) is 85.4 Å². The summed E-state index contributed by atoms with van der Waals surface area (Å²) in [5.74, 6) is 0. The Labute approximate surface area is 266 Å². The first-order chi connectivity index (χ1) is 21.4. The van der Waals surface area contributed by atoms with Crippen molar-refractivity contribution in [3.63, 3.8) is 0 Å². The van der Waals surface area contributed by atoms with Crippen molar-refractivity contribution < 1.29 is 39.5 Å². The molecule has 5 rings (SSSR count). The third-order valence-corrected chi connectivity index (χ3v) is 9.90. The van der Waals surface area contributed by atoms with E-state index in [-0.39, 0.29) is 78.2 Å². The summed E-state index contributed by atoms with van der Waals surface area (Å²) in [6.45, 7) is 16.8. The van der Waals surface area contributed by atoms with Gasteiger partial charge in [0.1, 0.15) is 0 Å². The summed E-state index contributed by atoms with van der Waals surface area (Å²) in [6.07, 6.45) is -0.583. The van der Waals surface area contributed by atoms with Crippen molar-refractivity contribution in [1.82, 2.24) is 0 Å². The number of alkyl halides is 9. The van der Waals surface area contributed by atoms with E-state index in [4.69, 9.17) is 13.1 Å². The van der Waals surface area contributed by atoms with Crippen LogP contribution in [0.4, 0.5) is 39.5 Å². The van der Waals surface area contributed by atoms with Crippen LogP contribution in [0.1, 0.15) is 27.8 Å². The largest absolute Gasteiger partial charge is 0.446 e. The third kappa shape index (κ3) is 5.89. The van der Waals surface area contributed by atoms with E-state index in [1.807, 2.05) is 0 Å². The highest BCUT2D eigenvalue weighted by Gasteiger charge is 2.41. The van der Waals surface area contributed by atoms with Gasteiger partial charge in [-0.3, -0.25) is 0 Å². The van der Waals surface area contributed by atoms with Gasteiger partial charge in [-0.2, -0.15) is 39.5 Å². The maximum atomic E-state index is 13.9. The molecule has 4 nitrogen and oxygen atoms in total. The second-order valence-electron chi connectivity index (χ2n) is 9.77. The minimum Gasteiger partial charge on any atom is -0.226 e. The predicted molar refractivity (Wildman–Crippen MR) is 154 cm³/mol. The van der Waals surface area contributed by atoms with E-state index >= 15 is 0 Å². The van der Waals surface area contributed by atoms with Gasteiger partial charge in [-0.05, 0) is 111 Å². The van der Waals surface area contributed by atoms with Crippen molar-refractivity contribution in [3.8, 4) is 34.4 Å². The van der Waals surface area contributed by atoms with Gasteiger partial charge in [0.05, 0.1) is 25.3 Å². The molecule has 0 aromatic heterocycles. The monoisotopic (exact) mass is 694 g/mol. The maximum Gasteiger partial charge on any atom is 0.446 e. The molecule has 0 heterocycles. The van der Waals surface area contributed by atoms with Gasteiger partial charge < -0.3 is 0 Å². The van der Waals surface area contributed by atoms with E-state index < -0.39 is 73.0 Å². The van der Waals surface area contributed by atoms with Crippen LogP contribution in [-0.2, 0) is 12.8 Å². The summed E-state index contributed by atoms with van der Waals surface area (Å²) in [4.78, 5) is 4.56. The van der Waals surface area contributed by atoms with Gasteiger partial charge in [-0.1, -0.05) is 18.2 Å². The van der Waals surface area contributed by atoms with Gasteiger partial charge in [0.2, 0.25) is 0 Å². The van der Waals surface area contributed by atoms with E-state index in [0.717, 1.165) is 12.1 Å². The predicted octanol–water partition coefficient (Wildman–Crippen LogP) is 9.08. The van der Waals surface area contributed by atoms with Crippen LogP contribution in [0.5, 0.6) is 0 Å². The van der Waals surface area contributed by atoms with Crippen LogP contribution in [0.3, 0.4) is 0 Å². The zero-order valence-electron chi connectivity index (χ0n) is 22.6. The Morgan fingerprint density at radius 3 is 1.48 bits per heavy atom. The molecule has 2 aliphatic carbocycles. The van der Waals surface area contributed by atoms with Gasteiger partial charge in [0.25, 0.3) is 11.4 Å². The molecule has 0 saturated carbocycles. The van der Waals surface area contributed by atoms with Gasteiger partial charge in [0, 0.05) is 25.1 Å². The topological polar surface area (TPSA) is 56.3 Å². The molecule has 0 radical (unpaired) electrons. The standard InChI is InChI=1S/C30H11F9N4S3/c1-12-4-5-13-8-15-23(18(11-41)43-3)25-16(22(17(10-40)42-2)24(15)20(13)26(12)45-29(34,35)36)9-14-6-7-19(44-28(31,32)33)27(21(14)25)46-30(37,38)39/h4-7H,8-9H2,1H3/b22-17-,23-18+. The fourth-order valence-electron chi connectivity index (χ4n) is 5.78. The average molecular weight is 695 g/mol. The third-order valence-electron chi connectivity index (χ3n) is 7.16. The van der Waals surface area contributed by atoms with Gasteiger partial charge in [-0.25, -0.2) is 20.2 Å². The number of aryl methyl sites for hydroxylation is 1. The van der Waals surface area contributed by atoms with E-state index in [1.165, 1.54) is 19.1 Å². The highest BCUT2D eigenvalue weighted by atomic mass is 32.2. The molecule has 0 N–H and O–H groups in total. The number of nitrogens with zero attached hydrogens (tertiary/aromatic N) is 4. The number of hydrogen-bond donors (Lipinski definition) is 0. The Hall–Kier alpha value is -4.22. The number of rotatable bonds is 3. The summed E-state index contributed by atoms with van der Waals surface area (Å²) >= 11 is -2.06. The molecule has 16 heteroatoms. The Bertz CT molecular complexity index is 2120. The lowest BCUT2D eigenvalue weighted by molar-refractivity contribution is -0.0346. The molecule has 0 amide bonds. The zero-order valence-corrected chi connectivity index (χ0v) is 25.1. The molecule has 0 aliphatic heterocycles. The van der Waals surface area contributed by atoms with E-state index in [1.54, 1.807) is 12.1 Å². The second kappa shape index (κ2) is 11.5. The molecule has 0 spiro atoms. The smallest absolute Gasteiger partial charge is 0.226 e. The molecule has 0 unspecified atom stereocenters. The summed E-state index contributed by atoms with van der Waals surface area (Å²) in [5, 5.41) is 19.5. The number of halogens is 9.